The van der Waals surface area contributed by atoms with E-state index in [4.69, 9.17) is 0 Å². The molecule has 0 saturated carbocycles. The molecule has 21 heavy (non-hydrogen) atoms. The molecule has 0 bridgehead atoms. The van der Waals surface area contributed by atoms with Gasteiger partial charge >= 0.3 is 0 Å². The molecular formula is C14H13N3O3S. The lowest BCUT2D eigenvalue weighted by Gasteiger charge is -2.05. The third kappa shape index (κ3) is 2.52. The Hall–Kier alpha value is -2.28. The van der Waals surface area contributed by atoms with Gasteiger partial charge in [-0.25, -0.2) is 0 Å². The SMILES string of the molecule is CN1C(=O)SC(Cc2cn(-c3ccccc3)[nH]c2=O)C1=O. The van der Waals surface area contributed by atoms with E-state index in [-0.39, 0.29) is 23.1 Å². The van der Waals surface area contributed by atoms with Crippen LogP contribution >= 0.6 is 11.8 Å². The monoisotopic (exact) mass is 303 g/mol. The number of aromatic nitrogens is 2. The van der Waals surface area contributed by atoms with E-state index >= 15 is 0 Å². The van der Waals surface area contributed by atoms with E-state index in [1.54, 1.807) is 10.9 Å². The van der Waals surface area contributed by atoms with Gasteiger partial charge in [-0.15, -0.1) is 0 Å². The average molecular weight is 303 g/mol. The molecule has 6 nitrogen and oxygen atoms in total. The van der Waals surface area contributed by atoms with Crippen LogP contribution in [0.15, 0.2) is 41.3 Å². The Bertz CT molecular complexity index is 750. The number of carbonyl (C=O) groups is 2. The topological polar surface area (TPSA) is 75.2 Å². The summed E-state index contributed by atoms with van der Waals surface area (Å²) in [4.78, 5) is 36.4. The minimum absolute atomic E-state index is 0.241. The van der Waals surface area contributed by atoms with Crippen LogP contribution in [0.2, 0.25) is 0 Å². The fourth-order valence-corrected chi connectivity index (χ4v) is 3.20. The maximum Gasteiger partial charge on any atom is 0.288 e. The maximum absolute atomic E-state index is 12.0. The molecule has 7 heteroatoms. The normalized spacial score (nSPS) is 18.5. The zero-order valence-electron chi connectivity index (χ0n) is 11.3. The van der Waals surface area contributed by atoms with Gasteiger partial charge in [-0.2, -0.15) is 0 Å². The molecule has 1 N–H and O–H groups in total. The number of rotatable bonds is 3. The summed E-state index contributed by atoms with van der Waals surface area (Å²) < 4.78 is 1.62. The Labute approximate surface area is 124 Å². The van der Waals surface area contributed by atoms with Crippen LogP contribution in [0.25, 0.3) is 5.69 Å². The summed E-state index contributed by atoms with van der Waals surface area (Å²) >= 11 is 0.966. The summed E-state index contributed by atoms with van der Waals surface area (Å²) in [6.07, 6.45) is 1.92. The molecule has 1 aliphatic rings. The highest BCUT2D eigenvalue weighted by Crippen LogP contribution is 2.27. The second-order valence-electron chi connectivity index (χ2n) is 4.77. The highest BCUT2D eigenvalue weighted by Gasteiger charge is 2.37. The average Bonchev–Trinajstić information content (AvgIpc) is 2.97. The van der Waals surface area contributed by atoms with Gasteiger partial charge < -0.3 is 0 Å². The Morgan fingerprint density at radius 1 is 1.19 bits per heavy atom. The first-order valence-electron chi connectivity index (χ1n) is 6.40. The quantitative estimate of drug-likeness (QED) is 0.930. The minimum atomic E-state index is -0.518. The minimum Gasteiger partial charge on any atom is -0.275 e. The van der Waals surface area contributed by atoms with Crippen LogP contribution in [0.4, 0.5) is 4.79 Å². The van der Waals surface area contributed by atoms with Crippen LogP contribution in [-0.4, -0.2) is 38.1 Å². The zero-order valence-corrected chi connectivity index (χ0v) is 12.1. The molecule has 1 aromatic carbocycles. The highest BCUT2D eigenvalue weighted by molar-refractivity contribution is 8.15. The number of para-hydroxylation sites is 1. The Kier molecular flexibility index (Phi) is 3.42. The molecule has 1 fully saturated rings. The predicted octanol–water partition coefficient (Wildman–Crippen LogP) is 1.40. The first kappa shape index (κ1) is 13.7. The fraction of sp³-hybridized carbons (Fsp3) is 0.214. The molecule has 2 aromatic rings. The van der Waals surface area contributed by atoms with E-state index in [1.165, 1.54) is 7.05 Å². The van der Waals surface area contributed by atoms with Gasteiger partial charge in [0, 0.05) is 25.2 Å². The van der Waals surface area contributed by atoms with Crippen molar-refractivity contribution in [2.75, 3.05) is 7.05 Å². The predicted molar refractivity (Wildman–Crippen MR) is 79.6 cm³/mol. The first-order chi connectivity index (χ1) is 10.1. The Balaban J connectivity index is 1.85. The third-order valence-corrected chi connectivity index (χ3v) is 4.49. The van der Waals surface area contributed by atoms with Crippen LogP contribution < -0.4 is 5.56 Å². The van der Waals surface area contributed by atoms with Crippen LogP contribution in [0.5, 0.6) is 0 Å². The van der Waals surface area contributed by atoms with E-state index in [2.05, 4.69) is 5.10 Å². The molecule has 2 heterocycles. The number of aromatic amines is 1. The van der Waals surface area contributed by atoms with Crippen molar-refractivity contribution in [2.24, 2.45) is 0 Å². The van der Waals surface area contributed by atoms with E-state index in [0.29, 0.717) is 5.56 Å². The second-order valence-corrected chi connectivity index (χ2v) is 5.93. The number of hydrogen-bond donors (Lipinski definition) is 1. The third-order valence-electron chi connectivity index (χ3n) is 3.36. The summed E-state index contributed by atoms with van der Waals surface area (Å²) in [5, 5.41) is 1.92. The summed E-state index contributed by atoms with van der Waals surface area (Å²) in [7, 11) is 1.46. The van der Waals surface area contributed by atoms with Crippen LogP contribution in [0.1, 0.15) is 5.56 Å². The van der Waals surface area contributed by atoms with Gasteiger partial charge in [0.15, 0.2) is 0 Å². The zero-order chi connectivity index (χ0) is 15.0. The van der Waals surface area contributed by atoms with Crippen molar-refractivity contribution < 1.29 is 9.59 Å². The second kappa shape index (κ2) is 5.25. The molecular weight excluding hydrogens is 290 g/mol. The van der Waals surface area contributed by atoms with Crippen molar-refractivity contribution in [2.45, 2.75) is 11.7 Å². The Morgan fingerprint density at radius 3 is 2.52 bits per heavy atom. The lowest BCUT2D eigenvalue weighted by Crippen LogP contribution is -2.29. The maximum atomic E-state index is 12.0. The molecule has 2 amide bonds. The van der Waals surface area contributed by atoms with Gasteiger partial charge in [-0.05, 0) is 12.1 Å². The summed E-state index contributed by atoms with van der Waals surface area (Å²) in [6, 6.07) is 9.37. The van der Waals surface area contributed by atoms with Gasteiger partial charge in [0.05, 0.1) is 10.9 Å². The lowest BCUT2D eigenvalue weighted by molar-refractivity contribution is -0.125. The standard InChI is InChI=1S/C14H13N3O3S/c1-16-13(19)11(21-14(16)20)7-9-8-17(15-12(9)18)10-5-3-2-4-6-10/h2-6,8,11H,7H2,1H3,(H,15,18). The first-order valence-corrected chi connectivity index (χ1v) is 7.28. The van der Waals surface area contributed by atoms with Crippen molar-refractivity contribution in [1.82, 2.24) is 14.7 Å². The number of nitrogens with zero attached hydrogens (tertiary/aromatic N) is 2. The largest absolute Gasteiger partial charge is 0.288 e. The molecule has 3 rings (SSSR count). The number of imide groups is 1. The number of thioether (sulfide) groups is 1. The molecule has 0 radical (unpaired) electrons. The van der Waals surface area contributed by atoms with Crippen molar-refractivity contribution >= 4 is 22.9 Å². The number of H-pyrrole nitrogens is 1. The van der Waals surface area contributed by atoms with E-state index in [0.717, 1.165) is 22.3 Å². The number of nitrogens with one attached hydrogen (secondary N) is 1. The van der Waals surface area contributed by atoms with Crippen LogP contribution in [0, 0.1) is 0 Å². The molecule has 108 valence electrons. The molecule has 1 unspecified atom stereocenters. The molecule has 1 atom stereocenters. The van der Waals surface area contributed by atoms with Gasteiger partial charge in [0.25, 0.3) is 10.8 Å². The van der Waals surface area contributed by atoms with Gasteiger partial charge in [0.1, 0.15) is 0 Å². The Morgan fingerprint density at radius 2 is 1.90 bits per heavy atom. The summed E-state index contributed by atoms with van der Waals surface area (Å²) in [6.45, 7) is 0. The lowest BCUT2D eigenvalue weighted by atomic mass is 10.2. The molecule has 0 spiro atoms. The molecule has 1 aromatic heterocycles. The number of amides is 2. The number of carbonyl (C=O) groups excluding carboxylic acids is 2. The molecule has 1 aliphatic heterocycles. The summed E-state index contributed by atoms with van der Waals surface area (Å²) in [5.41, 5.74) is 1.08. The fourth-order valence-electron chi connectivity index (χ4n) is 2.19. The van der Waals surface area contributed by atoms with Gasteiger partial charge in [-0.3, -0.25) is 29.1 Å². The van der Waals surface area contributed by atoms with E-state index in [1.807, 2.05) is 30.3 Å². The summed E-state index contributed by atoms with van der Waals surface area (Å²) in [5.74, 6) is -0.253. The number of hydrogen-bond acceptors (Lipinski definition) is 4. The van der Waals surface area contributed by atoms with Crippen molar-refractivity contribution in [3.8, 4) is 5.69 Å². The van der Waals surface area contributed by atoms with Crippen molar-refractivity contribution in [3.05, 3.63) is 52.4 Å². The van der Waals surface area contributed by atoms with E-state index in [9.17, 15) is 14.4 Å². The van der Waals surface area contributed by atoms with Crippen molar-refractivity contribution in [3.63, 3.8) is 0 Å². The van der Waals surface area contributed by atoms with E-state index < -0.39 is 5.25 Å². The van der Waals surface area contributed by atoms with Gasteiger partial charge in [0.2, 0.25) is 5.91 Å². The smallest absolute Gasteiger partial charge is 0.275 e. The number of benzene rings is 1. The van der Waals surface area contributed by atoms with Crippen molar-refractivity contribution in [1.29, 1.82) is 0 Å². The van der Waals surface area contributed by atoms with Gasteiger partial charge in [-0.1, -0.05) is 30.0 Å². The van der Waals surface area contributed by atoms with Crippen LogP contribution in [-0.2, 0) is 11.2 Å². The molecule has 1 saturated heterocycles. The molecule has 0 aliphatic carbocycles. The van der Waals surface area contributed by atoms with Crippen LogP contribution in [0.3, 0.4) is 0 Å². The highest BCUT2D eigenvalue weighted by atomic mass is 32.2.